The summed E-state index contributed by atoms with van der Waals surface area (Å²) in [7, 11) is 1.14. The Morgan fingerprint density at radius 2 is 1.32 bits per heavy atom. The lowest BCUT2D eigenvalue weighted by Crippen LogP contribution is -2.42. The van der Waals surface area contributed by atoms with E-state index in [0.717, 1.165) is 7.11 Å². The third-order valence-electron chi connectivity index (χ3n) is 4.95. The lowest BCUT2D eigenvalue weighted by molar-refractivity contribution is -0.139. The van der Waals surface area contributed by atoms with Gasteiger partial charge in [-0.25, -0.2) is 14.4 Å². The topological polar surface area (TPSA) is 170 Å². The number of aliphatic carboxylic acids is 1. The Labute approximate surface area is 216 Å². The molecule has 0 spiro atoms. The minimum absolute atomic E-state index is 0.182. The number of carboxylic acid groups (broad SMARTS) is 1. The molecule has 0 aliphatic rings. The number of hydrogen-bond acceptors (Lipinski definition) is 11. The number of hydrogen-bond donors (Lipinski definition) is 2. The van der Waals surface area contributed by atoms with E-state index in [1.54, 1.807) is 55.4 Å². The predicted octanol–water partition coefficient (Wildman–Crippen LogP) is 4.62. The van der Waals surface area contributed by atoms with Gasteiger partial charge in [0.25, 0.3) is 0 Å². The van der Waals surface area contributed by atoms with E-state index in [4.69, 9.17) is 29.4 Å². The van der Waals surface area contributed by atoms with E-state index in [9.17, 15) is 24.3 Å². The Balaban J connectivity index is 3.51. The van der Waals surface area contributed by atoms with Gasteiger partial charge in [0, 0.05) is 11.8 Å². The second kappa shape index (κ2) is 12.6. The summed E-state index contributed by atoms with van der Waals surface area (Å²) >= 11 is 0. The van der Waals surface area contributed by atoms with Crippen LogP contribution in [0.4, 0.5) is 14.4 Å². The van der Waals surface area contributed by atoms with Crippen LogP contribution in [0.3, 0.4) is 0 Å². The van der Waals surface area contributed by atoms with Gasteiger partial charge in [0.1, 0.15) is 23.3 Å². The first-order chi connectivity index (χ1) is 16.8. The van der Waals surface area contributed by atoms with Crippen LogP contribution >= 0.6 is 0 Å². The number of nitrogens with two attached hydrogens (primary N) is 1. The summed E-state index contributed by atoms with van der Waals surface area (Å²) < 4.78 is 30.6. The molecular weight excluding hydrogens is 490 g/mol. The van der Waals surface area contributed by atoms with Crippen LogP contribution in [0.25, 0.3) is 0 Å². The summed E-state index contributed by atoms with van der Waals surface area (Å²) in [5, 5.41) is 9.65. The average Bonchev–Trinajstić information content (AvgIpc) is 2.72. The summed E-state index contributed by atoms with van der Waals surface area (Å²) in [5.41, 5.74) is 4.57. The van der Waals surface area contributed by atoms with Crippen LogP contribution in [0.15, 0.2) is 18.2 Å². The van der Waals surface area contributed by atoms with Gasteiger partial charge < -0.3 is 39.3 Å². The molecule has 1 aromatic rings. The van der Waals surface area contributed by atoms with Gasteiger partial charge >= 0.3 is 24.4 Å². The van der Waals surface area contributed by atoms with Crippen LogP contribution in [-0.2, 0) is 23.7 Å². The molecule has 0 heterocycles. The second-order valence-electron chi connectivity index (χ2n) is 10.4. The fourth-order valence-corrected chi connectivity index (χ4v) is 3.21. The largest absolute Gasteiger partial charge is 0.514 e. The third-order valence-corrected chi connectivity index (χ3v) is 4.95. The molecule has 1 rings (SSSR count). The first-order valence-electron chi connectivity index (χ1n) is 11.5. The van der Waals surface area contributed by atoms with Crippen molar-refractivity contribution in [2.75, 3.05) is 7.11 Å². The molecule has 0 saturated heterocycles. The molecule has 3 unspecified atom stereocenters. The average molecular weight is 528 g/mol. The minimum Gasteiger partial charge on any atom is -0.480 e. The quantitative estimate of drug-likeness (QED) is 0.273. The van der Waals surface area contributed by atoms with E-state index in [-0.39, 0.29) is 11.5 Å². The highest BCUT2D eigenvalue weighted by Crippen LogP contribution is 2.37. The fourth-order valence-electron chi connectivity index (χ4n) is 3.21. The van der Waals surface area contributed by atoms with Crippen molar-refractivity contribution >= 4 is 24.4 Å². The summed E-state index contributed by atoms with van der Waals surface area (Å²) in [6.45, 7) is 13.0. The van der Waals surface area contributed by atoms with Crippen molar-refractivity contribution in [3.8, 4) is 11.5 Å². The van der Waals surface area contributed by atoms with Crippen molar-refractivity contribution < 1.29 is 52.7 Å². The molecule has 0 saturated carbocycles. The first kappa shape index (κ1) is 31.5. The van der Waals surface area contributed by atoms with Gasteiger partial charge in [-0.15, -0.1) is 0 Å². The molecule has 0 radical (unpaired) electrons. The van der Waals surface area contributed by atoms with Crippen molar-refractivity contribution in [1.82, 2.24) is 0 Å². The Hall–Kier alpha value is -3.54. The zero-order valence-corrected chi connectivity index (χ0v) is 22.6. The first-order valence-corrected chi connectivity index (χ1v) is 11.5. The lowest BCUT2D eigenvalue weighted by Gasteiger charge is -2.31. The molecule has 4 atom stereocenters. The Kier molecular flexibility index (Phi) is 10.7. The Morgan fingerprint density at radius 1 is 0.838 bits per heavy atom. The van der Waals surface area contributed by atoms with Crippen molar-refractivity contribution in [2.24, 2.45) is 11.7 Å². The highest BCUT2D eigenvalue weighted by molar-refractivity contribution is 5.75. The summed E-state index contributed by atoms with van der Waals surface area (Å²) in [6, 6.07) is 2.62. The summed E-state index contributed by atoms with van der Waals surface area (Å²) in [4.78, 5) is 48.1. The molecule has 3 N–H and O–H groups in total. The maximum atomic E-state index is 12.4. The maximum absolute atomic E-state index is 12.4. The molecular formula is C25H37NO11. The van der Waals surface area contributed by atoms with Gasteiger partial charge in [-0.2, -0.15) is 0 Å². The smallest absolute Gasteiger partial charge is 0.480 e. The van der Waals surface area contributed by atoms with Gasteiger partial charge in [-0.3, -0.25) is 4.79 Å². The van der Waals surface area contributed by atoms with Crippen LogP contribution in [0.5, 0.6) is 11.5 Å². The van der Waals surface area contributed by atoms with Crippen LogP contribution in [0.2, 0.25) is 0 Å². The van der Waals surface area contributed by atoms with Crippen LogP contribution in [0, 0.1) is 5.92 Å². The molecule has 12 nitrogen and oxygen atoms in total. The number of carbonyl (C=O) groups excluding carboxylic acids is 3. The molecule has 12 heteroatoms. The molecule has 208 valence electrons. The Morgan fingerprint density at radius 3 is 1.76 bits per heavy atom. The molecule has 0 aliphatic heterocycles. The van der Waals surface area contributed by atoms with Gasteiger partial charge in [0.05, 0.1) is 7.11 Å². The van der Waals surface area contributed by atoms with Gasteiger partial charge in [0.2, 0.25) is 0 Å². The van der Waals surface area contributed by atoms with Gasteiger partial charge in [-0.1, -0.05) is 13.0 Å². The molecule has 0 amide bonds. The number of carbonyl (C=O) groups is 4. The minimum atomic E-state index is -1.44. The molecule has 0 aromatic heterocycles. The molecule has 0 bridgehead atoms. The monoisotopic (exact) mass is 527 g/mol. The molecule has 1 aromatic carbocycles. The number of ether oxygens (including phenoxy) is 6. The molecule has 0 aliphatic carbocycles. The summed E-state index contributed by atoms with van der Waals surface area (Å²) in [6.07, 6.45) is -3.90. The lowest BCUT2D eigenvalue weighted by atomic mass is 9.79. The van der Waals surface area contributed by atoms with Crippen molar-refractivity contribution in [1.29, 1.82) is 0 Å². The molecule has 0 fully saturated rings. The van der Waals surface area contributed by atoms with Crippen molar-refractivity contribution in [3.63, 3.8) is 0 Å². The zero-order chi connectivity index (χ0) is 28.7. The number of carboxylic acids is 1. The highest BCUT2D eigenvalue weighted by Gasteiger charge is 2.36. The van der Waals surface area contributed by atoms with E-state index in [1.165, 1.54) is 18.2 Å². The van der Waals surface area contributed by atoms with E-state index in [0.29, 0.717) is 5.56 Å². The number of rotatable bonds is 8. The SMILES string of the molecule is COC(=O)OC(C)C(C)C(c1ccc(OC(=O)OC(C)(C)C)c(OC(=O)OC(C)(C)C)c1)[C@H](N)C(=O)O. The fraction of sp³-hybridized carbons (Fsp3) is 0.600. The molecule has 37 heavy (non-hydrogen) atoms. The van der Waals surface area contributed by atoms with Gasteiger partial charge in [-0.05, 0) is 66.2 Å². The predicted molar refractivity (Wildman–Crippen MR) is 131 cm³/mol. The summed E-state index contributed by atoms with van der Waals surface area (Å²) in [5.74, 6) is -3.32. The van der Waals surface area contributed by atoms with Crippen LogP contribution in [-0.4, -0.2) is 60.0 Å². The highest BCUT2D eigenvalue weighted by atomic mass is 16.8. The van der Waals surface area contributed by atoms with Crippen LogP contribution < -0.4 is 15.2 Å². The number of methoxy groups -OCH3 is 1. The van der Waals surface area contributed by atoms with Crippen molar-refractivity contribution in [2.45, 2.75) is 84.7 Å². The third kappa shape index (κ3) is 10.5. The zero-order valence-electron chi connectivity index (χ0n) is 22.6. The maximum Gasteiger partial charge on any atom is 0.514 e. The second-order valence-corrected chi connectivity index (χ2v) is 10.4. The van der Waals surface area contributed by atoms with E-state index < -0.39 is 59.6 Å². The van der Waals surface area contributed by atoms with E-state index in [1.807, 2.05) is 0 Å². The van der Waals surface area contributed by atoms with Crippen LogP contribution in [0.1, 0.15) is 66.9 Å². The van der Waals surface area contributed by atoms with E-state index >= 15 is 0 Å². The normalized spacial score (nSPS) is 14.9. The van der Waals surface area contributed by atoms with E-state index in [2.05, 4.69) is 4.74 Å². The standard InChI is InChI=1S/C25H37NO11/c1-13(14(2)33-21(29)32-9)18(19(26)20(27)28)15-10-11-16(34-22(30)36-24(3,4)5)17(12-15)35-23(31)37-25(6,7)8/h10-14,18-19H,26H2,1-9H3,(H,27,28)/t13?,14?,18?,19-/m0/s1. The van der Waals surface area contributed by atoms with Crippen molar-refractivity contribution in [3.05, 3.63) is 23.8 Å². The number of benzene rings is 1. The van der Waals surface area contributed by atoms with Gasteiger partial charge in [0.15, 0.2) is 11.5 Å². The Bertz CT molecular complexity index is 978.